The Bertz CT molecular complexity index is 828. The minimum absolute atomic E-state index is 0.00138. The fourth-order valence-corrected chi connectivity index (χ4v) is 3.91. The number of halogens is 2. The van der Waals surface area contributed by atoms with Crippen LogP contribution in [0.1, 0.15) is 31.9 Å². The first-order valence-electron chi connectivity index (χ1n) is 9.43. The molecule has 2 aromatic rings. The zero-order valence-electron chi connectivity index (χ0n) is 16.8. The molecule has 0 radical (unpaired) electrons. The fraction of sp³-hybridized carbons (Fsp3) is 0.364. The lowest BCUT2D eigenvalue weighted by molar-refractivity contribution is -0.138. The second kappa shape index (κ2) is 11.5. The predicted octanol–water partition coefficient (Wildman–Crippen LogP) is 5.17. The van der Waals surface area contributed by atoms with Crippen molar-refractivity contribution >= 4 is 46.8 Å². The van der Waals surface area contributed by atoms with E-state index in [-0.39, 0.29) is 30.2 Å². The maximum atomic E-state index is 13.0. The molecule has 0 aliphatic rings. The number of nitrogens with zero attached hydrogens (tertiary/aromatic N) is 1. The molecule has 156 valence electrons. The van der Waals surface area contributed by atoms with Gasteiger partial charge in [-0.25, -0.2) is 0 Å². The third-order valence-electron chi connectivity index (χ3n) is 4.30. The Morgan fingerprint density at radius 1 is 1.03 bits per heavy atom. The van der Waals surface area contributed by atoms with Crippen LogP contribution in [0.15, 0.2) is 48.5 Å². The number of hydrogen-bond acceptors (Lipinski definition) is 3. The van der Waals surface area contributed by atoms with Crippen LogP contribution in [0.3, 0.4) is 0 Å². The van der Waals surface area contributed by atoms with Gasteiger partial charge in [0.15, 0.2) is 0 Å². The van der Waals surface area contributed by atoms with Gasteiger partial charge in [-0.15, -0.1) is 11.8 Å². The molecule has 4 nitrogen and oxygen atoms in total. The van der Waals surface area contributed by atoms with E-state index in [0.29, 0.717) is 15.8 Å². The Kier molecular flexibility index (Phi) is 9.34. The number of thioether (sulfide) groups is 1. The summed E-state index contributed by atoms with van der Waals surface area (Å²) in [5.41, 5.74) is 1.91. The molecular formula is C22H26Cl2N2O2S. The van der Waals surface area contributed by atoms with Gasteiger partial charge >= 0.3 is 0 Å². The van der Waals surface area contributed by atoms with Crippen molar-refractivity contribution in [3.8, 4) is 0 Å². The predicted molar refractivity (Wildman–Crippen MR) is 122 cm³/mol. The second-order valence-corrected chi connectivity index (χ2v) is 8.90. The summed E-state index contributed by atoms with van der Waals surface area (Å²) >= 11 is 13.7. The number of carbonyl (C=O) groups is 2. The summed E-state index contributed by atoms with van der Waals surface area (Å²) in [5.74, 6) is 0.681. The largest absolute Gasteiger partial charge is 0.352 e. The normalized spacial score (nSPS) is 11.9. The standard InChI is InChI=1S/C22H26Cl2N2O2S/c1-15(2)25-22(28)16(3)26(12-18-6-4-5-7-20(18)24)21(27)14-29-13-17-8-10-19(23)11-9-17/h4-11,15-16H,12-14H2,1-3H3,(H,25,28)/t16-/m1/s1. The first kappa shape index (κ1) is 23.6. The molecule has 1 N–H and O–H groups in total. The van der Waals surface area contributed by atoms with Gasteiger partial charge in [-0.2, -0.15) is 0 Å². The van der Waals surface area contributed by atoms with Gasteiger partial charge in [0.25, 0.3) is 0 Å². The van der Waals surface area contributed by atoms with Crippen LogP contribution in [-0.4, -0.2) is 34.6 Å². The molecule has 2 rings (SSSR count). The van der Waals surface area contributed by atoms with E-state index in [9.17, 15) is 9.59 Å². The van der Waals surface area contributed by atoms with Crippen LogP contribution in [0, 0.1) is 0 Å². The summed E-state index contributed by atoms with van der Waals surface area (Å²) in [5, 5.41) is 4.15. The second-order valence-electron chi connectivity index (χ2n) is 7.07. The van der Waals surface area contributed by atoms with E-state index in [0.717, 1.165) is 11.1 Å². The summed E-state index contributed by atoms with van der Waals surface area (Å²) in [6.45, 7) is 5.82. The number of nitrogens with one attached hydrogen (secondary N) is 1. The summed E-state index contributed by atoms with van der Waals surface area (Å²) in [6.07, 6.45) is 0. The van der Waals surface area contributed by atoms with Crippen LogP contribution < -0.4 is 5.32 Å². The molecule has 2 aromatic carbocycles. The van der Waals surface area contributed by atoms with Gasteiger partial charge < -0.3 is 10.2 Å². The molecule has 0 aromatic heterocycles. The molecule has 1 atom stereocenters. The van der Waals surface area contributed by atoms with Crippen LogP contribution in [-0.2, 0) is 21.9 Å². The van der Waals surface area contributed by atoms with E-state index in [1.54, 1.807) is 17.9 Å². The molecular weight excluding hydrogens is 427 g/mol. The van der Waals surface area contributed by atoms with E-state index in [2.05, 4.69) is 5.32 Å². The lowest BCUT2D eigenvalue weighted by Gasteiger charge is -2.29. The van der Waals surface area contributed by atoms with Gasteiger partial charge in [-0.3, -0.25) is 9.59 Å². The van der Waals surface area contributed by atoms with Crippen molar-refractivity contribution in [1.29, 1.82) is 0 Å². The molecule has 0 saturated carbocycles. The van der Waals surface area contributed by atoms with Crippen LogP contribution >= 0.6 is 35.0 Å². The minimum Gasteiger partial charge on any atom is -0.352 e. The van der Waals surface area contributed by atoms with Crippen LogP contribution in [0.5, 0.6) is 0 Å². The number of hydrogen-bond donors (Lipinski definition) is 1. The van der Waals surface area contributed by atoms with Gasteiger partial charge in [-0.1, -0.05) is 53.5 Å². The molecule has 0 aliphatic carbocycles. The monoisotopic (exact) mass is 452 g/mol. The number of amides is 2. The first-order valence-corrected chi connectivity index (χ1v) is 11.3. The van der Waals surface area contributed by atoms with Crippen molar-refractivity contribution in [2.45, 2.75) is 45.2 Å². The fourth-order valence-electron chi connectivity index (χ4n) is 2.72. The average Bonchev–Trinajstić information content (AvgIpc) is 2.67. The third-order valence-corrected chi connectivity index (χ3v) is 5.91. The molecule has 0 heterocycles. The van der Waals surface area contributed by atoms with Crippen molar-refractivity contribution in [3.63, 3.8) is 0 Å². The van der Waals surface area contributed by atoms with Gasteiger partial charge in [0.05, 0.1) is 5.75 Å². The molecule has 0 spiro atoms. The zero-order chi connectivity index (χ0) is 21.4. The Balaban J connectivity index is 2.07. The Morgan fingerprint density at radius 2 is 1.69 bits per heavy atom. The molecule has 2 amide bonds. The lowest BCUT2D eigenvalue weighted by atomic mass is 10.1. The van der Waals surface area contributed by atoms with E-state index in [4.69, 9.17) is 23.2 Å². The molecule has 0 fully saturated rings. The number of carbonyl (C=O) groups excluding carboxylic acids is 2. The van der Waals surface area contributed by atoms with Crippen molar-refractivity contribution < 1.29 is 9.59 Å². The summed E-state index contributed by atoms with van der Waals surface area (Å²) < 4.78 is 0. The maximum absolute atomic E-state index is 13.0. The van der Waals surface area contributed by atoms with Gasteiger partial charge in [0.1, 0.15) is 6.04 Å². The zero-order valence-corrected chi connectivity index (χ0v) is 19.2. The highest BCUT2D eigenvalue weighted by atomic mass is 35.5. The van der Waals surface area contributed by atoms with Crippen molar-refractivity contribution in [1.82, 2.24) is 10.2 Å². The summed E-state index contributed by atoms with van der Waals surface area (Å²) in [7, 11) is 0. The van der Waals surface area contributed by atoms with Crippen LogP contribution in [0.25, 0.3) is 0 Å². The Labute approximate surface area is 187 Å². The minimum atomic E-state index is -0.600. The SMILES string of the molecule is CC(C)NC(=O)[C@@H](C)N(Cc1ccccc1Cl)C(=O)CSCc1ccc(Cl)cc1. The molecule has 0 unspecified atom stereocenters. The number of rotatable bonds is 9. The topological polar surface area (TPSA) is 49.4 Å². The van der Waals surface area contributed by atoms with Gasteiger partial charge in [-0.05, 0) is 50.1 Å². The van der Waals surface area contributed by atoms with Gasteiger partial charge in [0, 0.05) is 28.4 Å². The van der Waals surface area contributed by atoms with E-state index < -0.39 is 6.04 Å². The van der Waals surface area contributed by atoms with Crippen LogP contribution in [0.2, 0.25) is 10.0 Å². The lowest BCUT2D eigenvalue weighted by Crippen LogP contribution is -2.49. The maximum Gasteiger partial charge on any atom is 0.242 e. The van der Waals surface area contributed by atoms with E-state index in [1.165, 1.54) is 11.8 Å². The Morgan fingerprint density at radius 3 is 2.31 bits per heavy atom. The third kappa shape index (κ3) is 7.57. The molecule has 0 bridgehead atoms. The van der Waals surface area contributed by atoms with E-state index in [1.807, 2.05) is 56.3 Å². The van der Waals surface area contributed by atoms with Crippen molar-refractivity contribution in [3.05, 3.63) is 69.7 Å². The van der Waals surface area contributed by atoms with E-state index >= 15 is 0 Å². The van der Waals surface area contributed by atoms with Gasteiger partial charge in [0.2, 0.25) is 11.8 Å². The van der Waals surface area contributed by atoms with Crippen LogP contribution in [0.4, 0.5) is 0 Å². The first-order chi connectivity index (χ1) is 13.8. The number of benzene rings is 2. The highest BCUT2D eigenvalue weighted by molar-refractivity contribution is 7.99. The average molecular weight is 453 g/mol. The molecule has 0 aliphatic heterocycles. The highest BCUT2D eigenvalue weighted by Gasteiger charge is 2.26. The molecule has 0 saturated heterocycles. The van der Waals surface area contributed by atoms with Crippen molar-refractivity contribution in [2.24, 2.45) is 0 Å². The molecule has 29 heavy (non-hydrogen) atoms. The highest BCUT2D eigenvalue weighted by Crippen LogP contribution is 2.21. The van der Waals surface area contributed by atoms with Crippen molar-refractivity contribution in [2.75, 3.05) is 5.75 Å². The summed E-state index contributed by atoms with van der Waals surface area (Å²) in [4.78, 5) is 27.1. The quantitative estimate of drug-likeness (QED) is 0.570. The smallest absolute Gasteiger partial charge is 0.242 e. The summed E-state index contributed by atoms with van der Waals surface area (Å²) in [6, 6.07) is 14.3. The Hall–Kier alpha value is -1.69. The molecule has 7 heteroatoms.